The maximum Gasteiger partial charge on any atom is 0.0600 e. The molecule has 1 aliphatic carbocycles. The number of anilines is 2. The zero-order valence-corrected chi connectivity index (χ0v) is 8.32. The number of nitrogens with zero attached hydrogens (tertiary/aromatic N) is 1. The number of nitrogen functional groups attached to an aromatic ring is 1. The van der Waals surface area contributed by atoms with Gasteiger partial charge in [0.2, 0.25) is 0 Å². The predicted octanol–water partition coefficient (Wildman–Crippen LogP) is 2.12. The summed E-state index contributed by atoms with van der Waals surface area (Å²) in [7, 11) is 0. The van der Waals surface area contributed by atoms with Crippen LogP contribution in [0.1, 0.15) is 12.8 Å². The van der Waals surface area contributed by atoms with Gasteiger partial charge in [0.25, 0.3) is 0 Å². The van der Waals surface area contributed by atoms with Crippen molar-refractivity contribution in [2.45, 2.75) is 12.8 Å². The zero-order chi connectivity index (χ0) is 9.54. The van der Waals surface area contributed by atoms with Crippen LogP contribution in [-0.4, -0.2) is 13.1 Å². The van der Waals surface area contributed by atoms with Crippen LogP contribution >= 0.6 is 0 Å². The summed E-state index contributed by atoms with van der Waals surface area (Å²) in [5.41, 5.74) is 8.13. The van der Waals surface area contributed by atoms with Gasteiger partial charge in [0.15, 0.2) is 0 Å². The van der Waals surface area contributed by atoms with Crippen molar-refractivity contribution in [3.63, 3.8) is 0 Å². The van der Waals surface area contributed by atoms with E-state index in [1.54, 1.807) is 0 Å². The molecule has 1 saturated carbocycles. The molecule has 14 heavy (non-hydrogen) atoms. The van der Waals surface area contributed by atoms with Gasteiger partial charge in [-0.1, -0.05) is 12.1 Å². The summed E-state index contributed by atoms with van der Waals surface area (Å²) in [6.45, 7) is 2.43. The van der Waals surface area contributed by atoms with Crippen molar-refractivity contribution >= 4 is 11.4 Å². The Kier molecular flexibility index (Phi) is 1.69. The van der Waals surface area contributed by atoms with E-state index in [-0.39, 0.29) is 0 Å². The third-order valence-electron chi connectivity index (χ3n) is 3.57. The lowest BCUT2D eigenvalue weighted by atomic mass is 9.71. The van der Waals surface area contributed by atoms with E-state index < -0.39 is 0 Å². The van der Waals surface area contributed by atoms with Crippen LogP contribution in [-0.2, 0) is 0 Å². The standard InChI is InChI=1S/C12H16N2/c13-11-3-1-2-4-12(11)14-7-9-5-10(6-9)8-14/h1-4,9-10H,5-8,13H2. The van der Waals surface area contributed by atoms with Crippen LogP contribution in [0.4, 0.5) is 11.4 Å². The largest absolute Gasteiger partial charge is 0.397 e. The summed E-state index contributed by atoms with van der Waals surface area (Å²) in [5.74, 6) is 1.88. The van der Waals surface area contributed by atoms with Crippen LogP contribution in [0.25, 0.3) is 0 Å². The van der Waals surface area contributed by atoms with Crippen molar-refractivity contribution in [1.82, 2.24) is 0 Å². The maximum atomic E-state index is 5.97. The van der Waals surface area contributed by atoms with Crippen LogP contribution in [0.5, 0.6) is 0 Å². The van der Waals surface area contributed by atoms with E-state index in [1.807, 2.05) is 12.1 Å². The molecule has 0 amide bonds. The molecule has 1 aromatic rings. The monoisotopic (exact) mass is 188 g/mol. The van der Waals surface area contributed by atoms with E-state index in [4.69, 9.17) is 5.73 Å². The summed E-state index contributed by atoms with van der Waals surface area (Å²) >= 11 is 0. The highest BCUT2D eigenvalue weighted by molar-refractivity contribution is 5.67. The summed E-state index contributed by atoms with van der Waals surface area (Å²) in [6.07, 6.45) is 2.90. The molecule has 2 saturated heterocycles. The molecule has 0 unspecified atom stereocenters. The summed E-state index contributed by atoms with van der Waals surface area (Å²) in [4.78, 5) is 2.46. The Morgan fingerprint density at radius 1 is 1.07 bits per heavy atom. The Hall–Kier alpha value is -1.18. The number of fused-ring (bicyclic) bond motifs is 2. The molecule has 3 fully saturated rings. The molecule has 0 atom stereocenters. The minimum absolute atomic E-state index is 0.925. The van der Waals surface area contributed by atoms with Crippen LogP contribution in [0, 0.1) is 11.8 Å². The number of hydrogen-bond acceptors (Lipinski definition) is 2. The van der Waals surface area contributed by atoms with E-state index in [1.165, 1.54) is 31.6 Å². The van der Waals surface area contributed by atoms with Gasteiger partial charge in [-0.25, -0.2) is 0 Å². The topological polar surface area (TPSA) is 29.3 Å². The minimum Gasteiger partial charge on any atom is -0.397 e. The van der Waals surface area contributed by atoms with Crippen LogP contribution in [0.2, 0.25) is 0 Å². The first-order valence-electron chi connectivity index (χ1n) is 5.42. The highest BCUT2D eigenvalue weighted by Gasteiger charge is 2.37. The second-order valence-corrected chi connectivity index (χ2v) is 4.67. The average Bonchev–Trinajstić information content (AvgIpc) is 2.17. The Labute approximate surface area is 84.7 Å². The Morgan fingerprint density at radius 2 is 1.71 bits per heavy atom. The Balaban J connectivity index is 1.85. The fraction of sp³-hybridized carbons (Fsp3) is 0.500. The average molecular weight is 188 g/mol. The first kappa shape index (κ1) is 8.16. The number of piperidine rings is 2. The fourth-order valence-corrected chi connectivity index (χ4v) is 2.84. The van der Waals surface area contributed by atoms with E-state index >= 15 is 0 Å². The predicted molar refractivity (Wildman–Crippen MR) is 59.3 cm³/mol. The lowest BCUT2D eigenvalue weighted by Gasteiger charge is -2.48. The number of nitrogens with two attached hydrogens (primary N) is 1. The number of benzene rings is 1. The second-order valence-electron chi connectivity index (χ2n) is 4.67. The molecule has 4 rings (SSSR count). The van der Waals surface area contributed by atoms with Gasteiger partial charge >= 0.3 is 0 Å². The van der Waals surface area contributed by atoms with Crippen molar-refractivity contribution in [3.8, 4) is 0 Å². The van der Waals surface area contributed by atoms with Gasteiger partial charge in [-0.2, -0.15) is 0 Å². The van der Waals surface area contributed by atoms with Crippen molar-refractivity contribution in [2.75, 3.05) is 23.7 Å². The van der Waals surface area contributed by atoms with Crippen LogP contribution in [0.15, 0.2) is 24.3 Å². The van der Waals surface area contributed by atoms with Crippen molar-refractivity contribution < 1.29 is 0 Å². The van der Waals surface area contributed by atoms with Gasteiger partial charge in [-0.05, 0) is 36.8 Å². The molecule has 2 bridgehead atoms. The molecule has 1 aromatic carbocycles. The first-order valence-corrected chi connectivity index (χ1v) is 5.42. The molecule has 2 heterocycles. The van der Waals surface area contributed by atoms with E-state index in [9.17, 15) is 0 Å². The van der Waals surface area contributed by atoms with Gasteiger partial charge in [0.1, 0.15) is 0 Å². The zero-order valence-electron chi connectivity index (χ0n) is 8.32. The lowest BCUT2D eigenvalue weighted by molar-refractivity contribution is 0.159. The molecular formula is C12H16N2. The molecule has 74 valence electrons. The smallest absolute Gasteiger partial charge is 0.0600 e. The van der Waals surface area contributed by atoms with E-state index in [0.29, 0.717) is 0 Å². The minimum atomic E-state index is 0.925. The maximum absolute atomic E-state index is 5.97. The molecule has 2 nitrogen and oxygen atoms in total. The van der Waals surface area contributed by atoms with Crippen LogP contribution in [0.3, 0.4) is 0 Å². The first-order chi connectivity index (χ1) is 6.83. The lowest BCUT2D eigenvalue weighted by Crippen LogP contribution is -2.48. The second kappa shape index (κ2) is 2.91. The highest BCUT2D eigenvalue weighted by Crippen LogP contribution is 2.41. The molecule has 2 N–H and O–H groups in total. The van der Waals surface area contributed by atoms with Gasteiger partial charge in [-0.3, -0.25) is 0 Å². The van der Waals surface area contributed by atoms with Gasteiger partial charge in [0.05, 0.1) is 11.4 Å². The number of hydrogen-bond donors (Lipinski definition) is 1. The van der Waals surface area contributed by atoms with E-state index in [0.717, 1.165) is 17.5 Å². The molecular weight excluding hydrogens is 172 g/mol. The van der Waals surface area contributed by atoms with Gasteiger partial charge in [-0.15, -0.1) is 0 Å². The number of rotatable bonds is 1. The Bertz CT molecular complexity index is 332. The summed E-state index contributed by atoms with van der Waals surface area (Å²) < 4.78 is 0. The summed E-state index contributed by atoms with van der Waals surface area (Å²) in [6, 6.07) is 8.21. The molecule has 2 heteroatoms. The molecule has 0 aromatic heterocycles. The third kappa shape index (κ3) is 1.17. The molecule has 0 spiro atoms. The van der Waals surface area contributed by atoms with Crippen molar-refractivity contribution in [1.29, 1.82) is 0 Å². The van der Waals surface area contributed by atoms with Gasteiger partial charge in [0, 0.05) is 13.1 Å². The van der Waals surface area contributed by atoms with Crippen molar-refractivity contribution in [2.24, 2.45) is 11.8 Å². The summed E-state index contributed by atoms with van der Waals surface area (Å²) in [5, 5.41) is 0. The SMILES string of the molecule is Nc1ccccc1N1CC2CC(C2)C1. The van der Waals surface area contributed by atoms with Crippen molar-refractivity contribution in [3.05, 3.63) is 24.3 Å². The Morgan fingerprint density at radius 3 is 2.36 bits per heavy atom. The normalized spacial score (nSPS) is 29.9. The molecule has 2 aliphatic heterocycles. The third-order valence-corrected chi connectivity index (χ3v) is 3.57. The van der Waals surface area contributed by atoms with Crippen LogP contribution < -0.4 is 10.6 Å². The number of para-hydroxylation sites is 2. The quantitative estimate of drug-likeness (QED) is 0.684. The fourth-order valence-electron chi connectivity index (χ4n) is 2.84. The van der Waals surface area contributed by atoms with E-state index in [2.05, 4.69) is 17.0 Å². The molecule has 3 aliphatic rings. The van der Waals surface area contributed by atoms with Gasteiger partial charge < -0.3 is 10.6 Å². The highest BCUT2D eigenvalue weighted by atomic mass is 15.2. The molecule has 0 radical (unpaired) electrons.